The molecule has 2 aromatic rings. The fourth-order valence-electron chi connectivity index (χ4n) is 9.27. The first-order chi connectivity index (χ1) is 25.2. The lowest BCUT2D eigenvalue weighted by Crippen LogP contribution is -2.59. The van der Waals surface area contributed by atoms with Crippen molar-refractivity contribution >= 4 is 33.8 Å². The van der Waals surface area contributed by atoms with Gasteiger partial charge in [0.15, 0.2) is 0 Å². The third-order valence-corrected chi connectivity index (χ3v) is 14.0. The topological polar surface area (TPSA) is 160 Å². The monoisotopic (exact) mass is 762 g/mol. The van der Waals surface area contributed by atoms with Crippen molar-refractivity contribution in [2.45, 2.75) is 115 Å². The fraction of sp³-hybridized carbons (Fsp3) is 0.561. The van der Waals surface area contributed by atoms with Crippen LogP contribution in [0.15, 0.2) is 72.1 Å². The summed E-state index contributed by atoms with van der Waals surface area (Å²) in [5.74, 6) is -2.41. The molecule has 3 aliphatic carbocycles. The van der Waals surface area contributed by atoms with Crippen LogP contribution in [0.3, 0.4) is 0 Å². The van der Waals surface area contributed by atoms with E-state index in [9.17, 15) is 27.6 Å². The van der Waals surface area contributed by atoms with E-state index in [4.69, 9.17) is 9.47 Å². The van der Waals surface area contributed by atoms with Crippen molar-refractivity contribution in [2.24, 2.45) is 28.1 Å². The van der Waals surface area contributed by atoms with E-state index in [0.29, 0.717) is 18.7 Å². The first-order valence-corrected chi connectivity index (χ1v) is 20.3. The van der Waals surface area contributed by atoms with Gasteiger partial charge < -0.3 is 25.0 Å². The van der Waals surface area contributed by atoms with Gasteiger partial charge in [0.05, 0.1) is 4.90 Å². The molecule has 0 unspecified atom stereocenters. The summed E-state index contributed by atoms with van der Waals surface area (Å²) in [7, 11) is -4.38. The van der Waals surface area contributed by atoms with E-state index in [2.05, 4.69) is 35.8 Å². The Morgan fingerprint density at radius 3 is 2.24 bits per heavy atom. The Hall–Kier alpha value is -4.39. The van der Waals surface area contributed by atoms with Crippen molar-refractivity contribution in [3.05, 3.63) is 72.8 Å². The van der Waals surface area contributed by atoms with Gasteiger partial charge in [0.1, 0.15) is 35.6 Å². The number of fused-ring (bicyclic) bond motifs is 1. The summed E-state index contributed by atoms with van der Waals surface area (Å²) in [5.41, 5.74) is -1.93. The number of rotatable bonds is 12. The number of amides is 4. The van der Waals surface area contributed by atoms with E-state index < -0.39 is 63.0 Å². The molecule has 1 heterocycles. The molecule has 292 valence electrons. The van der Waals surface area contributed by atoms with Crippen LogP contribution in [-0.4, -0.2) is 66.9 Å². The molecule has 1 aliphatic heterocycles. The number of carbonyl (C=O) groups excluding carboxylic acids is 4. The quantitative estimate of drug-likeness (QED) is 0.240. The second-order valence-corrected chi connectivity index (χ2v) is 19.1. The minimum absolute atomic E-state index is 0.00873. The summed E-state index contributed by atoms with van der Waals surface area (Å²) in [6.45, 7) is 17.6. The summed E-state index contributed by atoms with van der Waals surface area (Å²) in [6, 6.07) is 13.4. The van der Waals surface area contributed by atoms with Crippen molar-refractivity contribution in [2.75, 3.05) is 6.54 Å². The van der Waals surface area contributed by atoms with Gasteiger partial charge in [-0.25, -0.2) is 17.9 Å². The number of nitrogens with one attached hydrogen (secondary N) is 3. The maximum absolute atomic E-state index is 14.5. The van der Waals surface area contributed by atoms with Gasteiger partial charge in [0.2, 0.25) is 11.8 Å². The maximum Gasteiger partial charge on any atom is 0.408 e. The summed E-state index contributed by atoms with van der Waals surface area (Å²) in [6.07, 6.45) is 4.40. The molecule has 3 N–H and O–H groups in total. The van der Waals surface area contributed by atoms with Gasteiger partial charge in [-0.15, -0.1) is 6.58 Å². The van der Waals surface area contributed by atoms with Crippen LogP contribution in [0, 0.1) is 28.1 Å². The highest BCUT2D eigenvalue weighted by Crippen LogP contribution is 2.88. The van der Waals surface area contributed by atoms with Crippen LogP contribution < -0.4 is 20.1 Å². The predicted octanol–water partition coefficient (Wildman–Crippen LogP) is 5.48. The van der Waals surface area contributed by atoms with Crippen LogP contribution >= 0.6 is 0 Å². The highest BCUT2D eigenvalue weighted by Gasteiger charge is 2.85. The number of ether oxygens (including phenoxy) is 2. The molecule has 4 amide bonds. The zero-order chi connectivity index (χ0) is 39.5. The molecular formula is C41H54N4O8S. The standard InChI is InChI=1S/C41H54N4O8S/c1-9-28-22-41(28,35(48)44-54(50,51)30-18-13-17-29(21-30)52-24-27-15-11-10-12-16-27)43-33(46)31-23-40(38(7,8)39(40)19-14-20-39)25-45(31)34(47)32(26(2)3)42-36(49)53-37(4,5)6/h9-13,15-18,21,26,28,31-32H,1,14,19-20,22-25H2,2-8H3,(H,42,49)(H,43,46)(H,44,48)/t28-,31+,32+,40-,41-/m1/s1. The van der Waals surface area contributed by atoms with E-state index in [1.807, 2.05) is 44.2 Å². The predicted molar refractivity (Wildman–Crippen MR) is 202 cm³/mol. The van der Waals surface area contributed by atoms with Crippen molar-refractivity contribution in [3.63, 3.8) is 0 Å². The number of sulfonamides is 1. The van der Waals surface area contributed by atoms with Crippen LogP contribution in [0.1, 0.15) is 86.1 Å². The Bertz CT molecular complexity index is 1940. The molecule has 0 aromatic heterocycles. The van der Waals surface area contributed by atoms with Gasteiger partial charge in [0.25, 0.3) is 15.9 Å². The van der Waals surface area contributed by atoms with Crippen molar-refractivity contribution in [3.8, 4) is 5.75 Å². The highest BCUT2D eigenvalue weighted by atomic mass is 32.2. The number of alkyl carbamates (subject to hydrolysis) is 1. The first kappa shape index (κ1) is 39.3. The fourth-order valence-corrected chi connectivity index (χ4v) is 10.3. The summed E-state index contributed by atoms with van der Waals surface area (Å²) < 4.78 is 40.7. The van der Waals surface area contributed by atoms with E-state index in [-0.39, 0.29) is 40.1 Å². The summed E-state index contributed by atoms with van der Waals surface area (Å²) in [4.78, 5) is 57.2. The Morgan fingerprint density at radius 1 is 1.00 bits per heavy atom. The zero-order valence-corrected chi connectivity index (χ0v) is 33.2. The average molecular weight is 763 g/mol. The number of benzene rings is 2. The summed E-state index contributed by atoms with van der Waals surface area (Å²) >= 11 is 0. The number of hydrogen-bond acceptors (Lipinski definition) is 8. The van der Waals surface area contributed by atoms with Gasteiger partial charge in [-0.3, -0.25) is 14.4 Å². The van der Waals surface area contributed by atoms with E-state index in [1.165, 1.54) is 24.3 Å². The molecule has 0 radical (unpaired) electrons. The molecule has 6 rings (SSSR count). The number of likely N-dealkylation sites (tertiary alicyclic amines) is 1. The zero-order valence-electron chi connectivity index (χ0n) is 32.4. The average Bonchev–Trinajstić information content (AvgIpc) is 3.80. The Morgan fingerprint density at radius 2 is 1.69 bits per heavy atom. The van der Waals surface area contributed by atoms with Crippen molar-refractivity contribution in [1.82, 2.24) is 20.3 Å². The molecule has 1 saturated heterocycles. The summed E-state index contributed by atoms with van der Waals surface area (Å²) in [5, 5.41) is 5.64. The normalized spacial score (nSPS) is 26.7. The van der Waals surface area contributed by atoms with Gasteiger partial charge in [-0.05, 0) is 80.9 Å². The molecule has 54 heavy (non-hydrogen) atoms. The van der Waals surface area contributed by atoms with Gasteiger partial charge >= 0.3 is 6.09 Å². The third kappa shape index (κ3) is 6.77. The van der Waals surface area contributed by atoms with Crippen LogP contribution in [0.5, 0.6) is 5.75 Å². The lowest BCUT2D eigenvalue weighted by atomic mass is 9.73. The van der Waals surface area contributed by atoms with Crippen molar-refractivity contribution < 1.29 is 37.1 Å². The maximum atomic E-state index is 14.5. The molecule has 5 atom stereocenters. The smallest absolute Gasteiger partial charge is 0.408 e. The molecule has 3 saturated carbocycles. The first-order valence-electron chi connectivity index (χ1n) is 18.8. The third-order valence-electron chi connectivity index (χ3n) is 12.6. The minimum atomic E-state index is -4.38. The molecule has 4 aliphatic rings. The second-order valence-electron chi connectivity index (χ2n) is 17.4. The van der Waals surface area contributed by atoms with Crippen LogP contribution in [0.2, 0.25) is 0 Å². The Kier molecular flexibility index (Phi) is 9.99. The Labute approximate surface area is 318 Å². The SMILES string of the molecule is C=C[C@@H]1C[C@]1(NC(=O)[C@@H]1C[C@@]2(CN1C(=O)[C@@H](NC(=O)OC(C)(C)C)C(C)C)C(C)(C)C21CCC1)C(=O)NS(=O)(=O)c1cccc(OCc2ccccc2)c1. The van der Waals surface area contributed by atoms with Gasteiger partial charge in [-0.1, -0.05) is 76.6 Å². The van der Waals surface area contributed by atoms with E-state index in [0.717, 1.165) is 24.8 Å². The lowest BCUT2D eigenvalue weighted by molar-refractivity contribution is -0.141. The second kappa shape index (κ2) is 13.7. The largest absolute Gasteiger partial charge is 0.489 e. The number of hydrogen-bond donors (Lipinski definition) is 3. The number of nitrogens with zero attached hydrogens (tertiary/aromatic N) is 1. The van der Waals surface area contributed by atoms with E-state index in [1.54, 1.807) is 31.7 Å². The van der Waals surface area contributed by atoms with Crippen LogP contribution in [0.25, 0.3) is 0 Å². The molecule has 0 bridgehead atoms. The minimum Gasteiger partial charge on any atom is -0.489 e. The van der Waals surface area contributed by atoms with E-state index >= 15 is 0 Å². The lowest BCUT2D eigenvalue weighted by Gasteiger charge is -2.33. The van der Waals surface area contributed by atoms with Gasteiger partial charge in [-0.2, -0.15) is 0 Å². The van der Waals surface area contributed by atoms with Crippen LogP contribution in [-0.2, 0) is 35.8 Å². The number of carbonyl (C=O) groups is 4. The molecule has 13 heteroatoms. The van der Waals surface area contributed by atoms with Crippen molar-refractivity contribution in [1.29, 1.82) is 0 Å². The highest BCUT2D eigenvalue weighted by molar-refractivity contribution is 7.90. The molecule has 2 aromatic carbocycles. The molecular weight excluding hydrogens is 709 g/mol. The van der Waals surface area contributed by atoms with Crippen LogP contribution in [0.4, 0.5) is 4.79 Å². The molecule has 12 nitrogen and oxygen atoms in total. The molecule has 4 fully saturated rings. The Balaban J connectivity index is 1.22. The molecule has 2 spiro atoms. The van der Waals surface area contributed by atoms with Gasteiger partial charge in [0, 0.05) is 23.9 Å².